The minimum absolute atomic E-state index is 0.0343. The highest BCUT2D eigenvalue weighted by Crippen LogP contribution is 2.38. The van der Waals surface area contributed by atoms with Crippen LogP contribution in [0.2, 0.25) is 0 Å². The Morgan fingerprint density at radius 2 is 1.70 bits per heavy atom. The van der Waals surface area contributed by atoms with E-state index >= 15 is 0 Å². The number of nitrogens with zero attached hydrogens (tertiary/aromatic N) is 5. The molecule has 5 aromatic rings. The van der Waals surface area contributed by atoms with Crippen LogP contribution >= 0.6 is 15.9 Å². The van der Waals surface area contributed by atoms with Gasteiger partial charge < -0.3 is 9.47 Å². The van der Waals surface area contributed by atoms with Gasteiger partial charge in [-0.1, -0.05) is 12.1 Å². The first kappa shape index (κ1) is 25.4. The second-order valence-electron chi connectivity index (χ2n) is 8.95. The van der Waals surface area contributed by atoms with Crippen LogP contribution in [-0.4, -0.2) is 44.6 Å². The number of carbonyl (C=O) groups is 3. The first-order valence-electron chi connectivity index (χ1n) is 12.2. The Morgan fingerprint density at radius 3 is 2.38 bits per heavy atom. The largest absolute Gasteiger partial charge is 0.480 e. The molecule has 6 rings (SSSR count). The predicted molar refractivity (Wildman–Crippen MR) is 149 cm³/mol. The third-order valence-electron chi connectivity index (χ3n) is 6.50. The van der Waals surface area contributed by atoms with Crippen LogP contribution in [-0.2, 0) is 4.74 Å². The van der Waals surface area contributed by atoms with Gasteiger partial charge in [0.2, 0.25) is 0 Å². The molecule has 2 amide bonds. The van der Waals surface area contributed by atoms with E-state index in [1.807, 2.05) is 6.07 Å². The topological polar surface area (TPSA) is 117 Å². The normalized spacial score (nSPS) is 13.4. The molecule has 0 N–H and O–H groups in total. The van der Waals surface area contributed by atoms with Gasteiger partial charge in [-0.25, -0.2) is 24.3 Å². The van der Waals surface area contributed by atoms with Crippen molar-refractivity contribution in [2.75, 3.05) is 12.0 Å². The zero-order chi connectivity index (χ0) is 28.0. The van der Waals surface area contributed by atoms with Crippen molar-refractivity contribution < 1.29 is 23.9 Å². The fourth-order valence-electron chi connectivity index (χ4n) is 4.61. The van der Waals surface area contributed by atoms with Gasteiger partial charge in [0.05, 0.1) is 35.0 Å². The number of carbonyl (C=O) groups excluding carboxylic acids is 3. The molecule has 0 aliphatic carbocycles. The molecular formula is C29H20BrN5O5. The number of hydrogen-bond acceptors (Lipinski definition) is 8. The maximum Gasteiger partial charge on any atom is 0.337 e. The Kier molecular flexibility index (Phi) is 6.35. The first-order chi connectivity index (χ1) is 19.4. The van der Waals surface area contributed by atoms with Crippen LogP contribution in [0, 0.1) is 0 Å². The molecule has 1 unspecified atom stereocenters. The molecule has 11 heteroatoms. The number of rotatable bonds is 6. The van der Waals surface area contributed by atoms with Gasteiger partial charge in [-0.2, -0.15) is 5.10 Å². The van der Waals surface area contributed by atoms with Crippen molar-refractivity contribution in [2.24, 2.45) is 0 Å². The molecule has 0 fully saturated rings. The van der Waals surface area contributed by atoms with Crippen LogP contribution < -0.4 is 9.64 Å². The monoisotopic (exact) mass is 597 g/mol. The number of halogens is 1. The van der Waals surface area contributed by atoms with Crippen LogP contribution in [0.5, 0.6) is 5.75 Å². The maximum absolute atomic E-state index is 13.4. The average Bonchev–Trinajstić information content (AvgIpc) is 3.59. The molecule has 3 aromatic heterocycles. The average molecular weight is 598 g/mol. The van der Waals surface area contributed by atoms with Crippen LogP contribution in [0.15, 0.2) is 83.7 Å². The molecular weight excluding hydrogens is 578 g/mol. The molecule has 40 heavy (non-hydrogen) atoms. The summed E-state index contributed by atoms with van der Waals surface area (Å²) in [4.78, 5) is 49.3. The lowest BCUT2D eigenvalue weighted by Gasteiger charge is -2.22. The van der Waals surface area contributed by atoms with E-state index in [4.69, 9.17) is 9.47 Å². The summed E-state index contributed by atoms with van der Waals surface area (Å²) in [6, 6.07) is 18.5. The highest BCUT2D eigenvalue weighted by molar-refractivity contribution is 9.10. The van der Waals surface area contributed by atoms with E-state index in [0.717, 1.165) is 4.90 Å². The van der Waals surface area contributed by atoms with Crippen molar-refractivity contribution in [3.05, 3.63) is 106 Å². The highest BCUT2D eigenvalue weighted by atomic mass is 79.9. The number of anilines is 1. The summed E-state index contributed by atoms with van der Waals surface area (Å²) in [5.74, 6) is -1.33. The Balaban J connectivity index is 1.49. The number of benzene rings is 2. The molecule has 2 aromatic carbocycles. The SMILES string of the molecule is COC(=O)c1ccc2nc(N3C(=O)c4ccccc4C3=O)c(OC(C)c3nc(Br)ccc3-n3cccn3)cc2c1. The van der Waals surface area contributed by atoms with E-state index in [9.17, 15) is 14.4 Å². The fraction of sp³-hybridized carbons (Fsp3) is 0.103. The quantitative estimate of drug-likeness (QED) is 0.147. The van der Waals surface area contributed by atoms with Gasteiger partial charge in [0.15, 0.2) is 11.6 Å². The van der Waals surface area contributed by atoms with Gasteiger partial charge in [0, 0.05) is 17.8 Å². The van der Waals surface area contributed by atoms with Gasteiger partial charge in [-0.15, -0.1) is 0 Å². The lowest BCUT2D eigenvalue weighted by atomic mass is 10.1. The van der Waals surface area contributed by atoms with Crippen LogP contribution in [0.3, 0.4) is 0 Å². The molecule has 0 bridgehead atoms. The first-order valence-corrected chi connectivity index (χ1v) is 13.0. The Labute approximate surface area is 236 Å². The molecule has 0 spiro atoms. The number of imide groups is 1. The molecule has 1 aliphatic heterocycles. The number of fused-ring (bicyclic) bond motifs is 2. The summed E-state index contributed by atoms with van der Waals surface area (Å²) in [6.07, 6.45) is 2.77. The van der Waals surface area contributed by atoms with Crippen molar-refractivity contribution >= 4 is 50.4 Å². The summed E-state index contributed by atoms with van der Waals surface area (Å²) in [5, 5.41) is 4.87. The molecule has 1 aliphatic rings. The molecule has 4 heterocycles. The second kappa shape index (κ2) is 10.0. The number of amides is 2. The molecule has 10 nitrogen and oxygen atoms in total. The standard InChI is InChI=1S/C29H20BrN5O5/c1-16(25-22(10-11-24(30)33-25)34-13-5-12-31-34)40-23-15-18-14-17(29(38)39-2)8-9-21(18)32-26(23)35-27(36)19-6-3-4-7-20(19)28(35)37/h3-16H,1-2H3. The van der Waals surface area contributed by atoms with Gasteiger partial charge >= 0.3 is 5.97 Å². The zero-order valence-electron chi connectivity index (χ0n) is 21.2. The lowest BCUT2D eigenvalue weighted by Crippen LogP contribution is -2.31. The van der Waals surface area contributed by atoms with Gasteiger partial charge in [0.1, 0.15) is 16.4 Å². The molecule has 0 saturated carbocycles. The number of ether oxygens (including phenoxy) is 2. The minimum Gasteiger partial charge on any atom is -0.480 e. The second-order valence-corrected chi connectivity index (χ2v) is 9.76. The highest BCUT2D eigenvalue weighted by Gasteiger charge is 2.39. The predicted octanol–water partition coefficient (Wildman–Crippen LogP) is 5.31. The molecule has 1 atom stereocenters. The van der Waals surface area contributed by atoms with E-state index in [1.54, 1.807) is 84.7 Å². The fourth-order valence-corrected chi connectivity index (χ4v) is 4.94. The number of methoxy groups -OCH3 is 1. The summed E-state index contributed by atoms with van der Waals surface area (Å²) in [7, 11) is 1.30. The summed E-state index contributed by atoms with van der Waals surface area (Å²) in [5.41, 5.74) is 2.57. The third kappa shape index (κ3) is 4.30. The lowest BCUT2D eigenvalue weighted by molar-refractivity contribution is 0.0600. The van der Waals surface area contributed by atoms with E-state index in [2.05, 4.69) is 31.0 Å². The van der Waals surface area contributed by atoms with Crippen molar-refractivity contribution in [2.45, 2.75) is 13.0 Å². The summed E-state index contributed by atoms with van der Waals surface area (Å²) >= 11 is 3.42. The number of hydrogen-bond donors (Lipinski definition) is 0. The molecule has 198 valence electrons. The maximum atomic E-state index is 13.4. The summed E-state index contributed by atoms with van der Waals surface area (Å²) in [6.45, 7) is 1.79. The van der Waals surface area contributed by atoms with Gasteiger partial charge in [-0.05, 0) is 77.5 Å². The minimum atomic E-state index is -0.673. The van der Waals surface area contributed by atoms with E-state index < -0.39 is 23.9 Å². The van der Waals surface area contributed by atoms with Crippen molar-refractivity contribution in [1.82, 2.24) is 19.7 Å². The Bertz CT molecular complexity index is 1790. The number of esters is 1. The Morgan fingerprint density at radius 1 is 0.950 bits per heavy atom. The van der Waals surface area contributed by atoms with Crippen LogP contribution in [0.25, 0.3) is 16.6 Å². The third-order valence-corrected chi connectivity index (χ3v) is 6.94. The van der Waals surface area contributed by atoms with Crippen molar-refractivity contribution in [3.8, 4) is 11.4 Å². The summed E-state index contributed by atoms with van der Waals surface area (Å²) < 4.78 is 13.5. The van der Waals surface area contributed by atoms with Crippen molar-refractivity contribution in [3.63, 3.8) is 0 Å². The zero-order valence-corrected chi connectivity index (χ0v) is 22.8. The molecule has 0 saturated heterocycles. The van der Waals surface area contributed by atoms with Gasteiger partial charge in [-0.3, -0.25) is 9.59 Å². The smallest absolute Gasteiger partial charge is 0.337 e. The van der Waals surface area contributed by atoms with Gasteiger partial charge in [0.25, 0.3) is 11.8 Å². The van der Waals surface area contributed by atoms with Crippen molar-refractivity contribution in [1.29, 1.82) is 0 Å². The van der Waals surface area contributed by atoms with Crippen LogP contribution in [0.4, 0.5) is 5.82 Å². The molecule has 0 radical (unpaired) electrons. The van der Waals surface area contributed by atoms with E-state index in [-0.39, 0.29) is 22.7 Å². The van der Waals surface area contributed by atoms with Crippen LogP contribution in [0.1, 0.15) is 49.8 Å². The number of pyridine rings is 2. The van der Waals surface area contributed by atoms with E-state index in [0.29, 0.717) is 32.5 Å². The Hall–Kier alpha value is -4.90. The van der Waals surface area contributed by atoms with E-state index in [1.165, 1.54) is 7.11 Å². The number of aromatic nitrogens is 4.